The van der Waals surface area contributed by atoms with E-state index in [1.807, 2.05) is 24.3 Å². The molecular formula is C18H22N4O. The van der Waals surface area contributed by atoms with Crippen LogP contribution >= 0.6 is 0 Å². The zero-order valence-electron chi connectivity index (χ0n) is 12.4. The Labute approximate surface area is 136 Å². The molecule has 0 radical (unpaired) electrons. The van der Waals surface area contributed by atoms with E-state index in [0.29, 0.717) is 13.2 Å². The Balaban J connectivity index is 0.00000192. The molecule has 0 saturated carbocycles. The molecule has 0 atom stereocenters. The fourth-order valence-corrected chi connectivity index (χ4v) is 2.23. The van der Waals surface area contributed by atoms with Crippen molar-refractivity contribution in [3.05, 3.63) is 65.6 Å². The molecule has 3 rings (SSSR count). The number of pyridine rings is 1. The van der Waals surface area contributed by atoms with Gasteiger partial charge >= 0.3 is 0 Å². The van der Waals surface area contributed by atoms with Crippen LogP contribution in [0.1, 0.15) is 24.2 Å². The van der Waals surface area contributed by atoms with E-state index in [1.165, 1.54) is 5.56 Å². The second-order valence-electron chi connectivity index (χ2n) is 5.07. The van der Waals surface area contributed by atoms with Crippen molar-refractivity contribution in [2.24, 2.45) is 10.9 Å². The molecule has 2 heterocycles. The van der Waals surface area contributed by atoms with Crippen LogP contribution in [0.2, 0.25) is 0 Å². The van der Waals surface area contributed by atoms with Crippen LogP contribution in [-0.2, 0) is 4.84 Å². The average molecular weight is 310 g/mol. The third-order valence-electron chi connectivity index (χ3n) is 3.37. The predicted octanol–water partition coefficient (Wildman–Crippen LogP) is 3.24. The van der Waals surface area contributed by atoms with Gasteiger partial charge in [0.2, 0.25) is 0 Å². The Morgan fingerprint density at radius 2 is 2.04 bits per heavy atom. The number of aryl methyl sites for hydroxylation is 1. The molecule has 1 aromatic carbocycles. The largest absolute Gasteiger partial charge is 0.394 e. The number of fused-ring (bicyclic) bond motifs is 1. The van der Waals surface area contributed by atoms with E-state index in [4.69, 9.17) is 10.6 Å². The van der Waals surface area contributed by atoms with Crippen molar-refractivity contribution in [1.29, 1.82) is 0 Å². The summed E-state index contributed by atoms with van der Waals surface area (Å²) in [5.41, 5.74) is 10.3. The van der Waals surface area contributed by atoms with Gasteiger partial charge in [-0.25, -0.2) is 0 Å². The maximum atomic E-state index is 5.46. The van der Waals surface area contributed by atoms with E-state index < -0.39 is 0 Å². The normalized spacial score (nSPS) is 11.3. The van der Waals surface area contributed by atoms with E-state index in [2.05, 4.69) is 34.2 Å². The molecule has 0 fully saturated rings. The molecule has 5 heteroatoms. The number of H-pyrrole nitrogens is 1. The molecule has 23 heavy (non-hydrogen) atoms. The van der Waals surface area contributed by atoms with Gasteiger partial charge in [0.1, 0.15) is 12.3 Å². The Morgan fingerprint density at radius 1 is 1.26 bits per heavy atom. The molecule has 0 saturated heterocycles. The number of benzene rings is 1. The number of oxime groups is 1. The van der Waals surface area contributed by atoms with Gasteiger partial charge in [-0.2, -0.15) is 0 Å². The molecule has 0 unspecified atom stereocenters. The lowest BCUT2D eigenvalue weighted by Gasteiger charge is -2.05. The lowest BCUT2D eigenvalue weighted by molar-refractivity contribution is 0.152. The maximum absolute atomic E-state index is 5.46. The number of hydrogen-bond donors (Lipinski definition) is 2. The molecule has 120 valence electrons. The monoisotopic (exact) mass is 310 g/mol. The molecule has 0 amide bonds. The van der Waals surface area contributed by atoms with Crippen molar-refractivity contribution in [1.82, 2.24) is 9.97 Å². The number of nitrogens with two attached hydrogens (primary N) is 1. The van der Waals surface area contributed by atoms with Crippen molar-refractivity contribution in [2.75, 3.05) is 13.2 Å². The van der Waals surface area contributed by atoms with Crippen LogP contribution in [0.3, 0.4) is 0 Å². The number of aromatic amines is 1. The number of aromatic nitrogens is 2. The zero-order chi connectivity index (χ0) is 15.4. The molecule has 5 nitrogen and oxygen atoms in total. The molecule has 0 aliphatic heterocycles. The summed E-state index contributed by atoms with van der Waals surface area (Å²) in [4.78, 5) is 12.8. The highest BCUT2D eigenvalue weighted by Gasteiger charge is 2.11. The van der Waals surface area contributed by atoms with Gasteiger partial charge < -0.3 is 15.6 Å². The van der Waals surface area contributed by atoms with Gasteiger partial charge in [-0.05, 0) is 19.1 Å². The first-order valence-corrected chi connectivity index (χ1v) is 7.18. The smallest absolute Gasteiger partial charge is 0.133 e. The molecule has 0 bridgehead atoms. The van der Waals surface area contributed by atoms with Gasteiger partial charge in [0, 0.05) is 23.7 Å². The summed E-state index contributed by atoms with van der Waals surface area (Å²) >= 11 is 0. The molecule has 0 spiro atoms. The first kappa shape index (κ1) is 16.7. The molecular weight excluding hydrogens is 288 g/mol. The third-order valence-corrected chi connectivity index (χ3v) is 3.37. The van der Waals surface area contributed by atoms with Crippen molar-refractivity contribution in [3.8, 4) is 0 Å². The molecule has 3 aromatic rings. The van der Waals surface area contributed by atoms with Gasteiger partial charge in [-0.15, -0.1) is 0 Å². The summed E-state index contributed by atoms with van der Waals surface area (Å²) in [5, 5.41) is 5.35. The highest BCUT2D eigenvalue weighted by atomic mass is 16.6. The highest BCUT2D eigenvalue weighted by molar-refractivity contribution is 6.13. The second-order valence-corrected chi connectivity index (χ2v) is 5.07. The first-order valence-electron chi connectivity index (χ1n) is 7.18. The second kappa shape index (κ2) is 7.56. The SMILES string of the molecule is C.Cc1ccc(/C(=N\OCCN)c2cc3ccncc3[nH]2)cc1. The summed E-state index contributed by atoms with van der Waals surface area (Å²) in [5.74, 6) is 0. The topological polar surface area (TPSA) is 76.3 Å². The lowest BCUT2D eigenvalue weighted by Crippen LogP contribution is -2.09. The van der Waals surface area contributed by atoms with Gasteiger partial charge in [0.25, 0.3) is 0 Å². The van der Waals surface area contributed by atoms with Crippen LogP contribution in [0.5, 0.6) is 0 Å². The fraction of sp³-hybridized carbons (Fsp3) is 0.222. The highest BCUT2D eigenvalue weighted by Crippen LogP contribution is 2.18. The number of nitrogens with zero attached hydrogens (tertiary/aromatic N) is 2. The molecule has 0 aliphatic carbocycles. The van der Waals surface area contributed by atoms with Crippen LogP contribution < -0.4 is 5.73 Å². The number of nitrogens with one attached hydrogen (secondary N) is 1. The van der Waals surface area contributed by atoms with Crippen molar-refractivity contribution in [3.63, 3.8) is 0 Å². The summed E-state index contributed by atoms with van der Waals surface area (Å²) in [6, 6.07) is 12.2. The maximum Gasteiger partial charge on any atom is 0.133 e. The van der Waals surface area contributed by atoms with E-state index in [9.17, 15) is 0 Å². The van der Waals surface area contributed by atoms with Crippen molar-refractivity contribution in [2.45, 2.75) is 14.4 Å². The van der Waals surface area contributed by atoms with Crippen LogP contribution in [0, 0.1) is 6.92 Å². The minimum atomic E-state index is 0. The Bertz CT molecular complexity index is 757. The van der Waals surface area contributed by atoms with Crippen LogP contribution in [0.25, 0.3) is 10.9 Å². The summed E-state index contributed by atoms with van der Waals surface area (Å²) in [7, 11) is 0. The van der Waals surface area contributed by atoms with Gasteiger partial charge in [-0.3, -0.25) is 4.98 Å². The number of rotatable bonds is 5. The third kappa shape index (κ3) is 3.76. The Kier molecular flexibility index (Phi) is 5.49. The van der Waals surface area contributed by atoms with Crippen molar-refractivity contribution < 1.29 is 4.84 Å². The predicted molar refractivity (Wildman–Crippen MR) is 94.6 cm³/mol. The number of hydrogen-bond acceptors (Lipinski definition) is 4. The summed E-state index contributed by atoms with van der Waals surface area (Å²) in [6.07, 6.45) is 3.57. The van der Waals surface area contributed by atoms with Crippen LogP contribution in [-0.4, -0.2) is 28.8 Å². The fourth-order valence-electron chi connectivity index (χ4n) is 2.23. The first-order chi connectivity index (χ1) is 10.8. The van der Waals surface area contributed by atoms with Crippen molar-refractivity contribution >= 4 is 16.6 Å². The van der Waals surface area contributed by atoms with Crippen LogP contribution in [0.15, 0.2) is 53.9 Å². The molecule has 3 N–H and O–H groups in total. The van der Waals surface area contributed by atoms with E-state index in [-0.39, 0.29) is 7.43 Å². The quantitative estimate of drug-likeness (QED) is 0.431. The summed E-state index contributed by atoms with van der Waals surface area (Å²) in [6.45, 7) is 2.87. The van der Waals surface area contributed by atoms with Gasteiger partial charge in [-0.1, -0.05) is 42.4 Å². The minimum absolute atomic E-state index is 0. The van der Waals surface area contributed by atoms with E-state index in [1.54, 1.807) is 12.4 Å². The zero-order valence-corrected chi connectivity index (χ0v) is 12.4. The molecule has 2 aromatic heterocycles. The standard InChI is InChI=1S/C17H18N4O.CH4/c1-12-2-4-13(5-3-12)17(21-22-9-7-18)15-10-14-6-8-19-11-16(14)20-15;/h2-6,8,10-11,20H,7,9,18H2,1H3;1H4/b21-17+;. The van der Waals surface area contributed by atoms with E-state index >= 15 is 0 Å². The molecule has 0 aliphatic rings. The Hall–Kier alpha value is -2.66. The van der Waals surface area contributed by atoms with Gasteiger partial charge in [0.15, 0.2) is 0 Å². The summed E-state index contributed by atoms with van der Waals surface area (Å²) < 4.78 is 0. The average Bonchev–Trinajstić information content (AvgIpc) is 2.96. The Morgan fingerprint density at radius 3 is 2.74 bits per heavy atom. The van der Waals surface area contributed by atoms with E-state index in [0.717, 1.165) is 27.9 Å². The lowest BCUT2D eigenvalue weighted by atomic mass is 10.1. The van der Waals surface area contributed by atoms with Gasteiger partial charge in [0.05, 0.1) is 17.4 Å². The van der Waals surface area contributed by atoms with Crippen LogP contribution in [0.4, 0.5) is 0 Å². The minimum Gasteiger partial charge on any atom is -0.394 e.